The predicted octanol–water partition coefficient (Wildman–Crippen LogP) is 2.79. The standard InChI is InChI=1S/C14H20N2O2S/c1-3-9-18-11(2)14(17)16-8-5-4-6-12(16)13-15-7-10-19-13/h3,7,10-12H,1,4-6,8-9H2,2H3/t11-,12-/m0/s1. The Morgan fingerprint density at radius 1 is 1.74 bits per heavy atom. The Morgan fingerprint density at radius 3 is 3.26 bits per heavy atom. The molecule has 1 aromatic heterocycles. The van der Waals surface area contributed by atoms with Crippen LogP contribution in [0.15, 0.2) is 24.2 Å². The van der Waals surface area contributed by atoms with Crippen molar-refractivity contribution in [3.05, 3.63) is 29.2 Å². The molecule has 2 rings (SSSR count). The molecule has 0 radical (unpaired) electrons. The van der Waals surface area contributed by atoms with Gasteiger partial charge in [0.15, 0.2) is 0 Å². The van der Waals surface area contributed by atoms with Crippen LogP contribution in [0.25, 0.3) is 0 Å². The number of rotatable bonds is 5. The highest BCUT2D eigenvalue weighted by Gasteiger charge is 2.32. The summed E-state index contributed by atoms with van der Waals surface area (Å²) in [6.07, 6.45) is 6.25. The van der Waals surface area contributed by atoms with Crippen molar-refractivity contribution in [2.24, 2.45) is 0 Å². The van der Waals surface area contributed by atoms with Gasteiger partial charge in [0, 0.05) is 18.1 Å². The first-order valence-electron chi connectivity index (χ1n) is 6.66. The molecule has 0 bridgehead atoms. The number of amides is 1. The maximum Gasteiger partial charge on any atom is 0.252 e. The number of hydrogen-bond acceptors (Lipinski definition) is 4. The SMILES string of the molecule is C=CCO[C@@H](C)C(=O)N1CCCC[C@H]1c1nccs1. The molecule has 0 aromatic carbocycles. The Bertz CT molecular complexity index is 419. The molecule has 1 saturated heterocycles. The monoisotopic (exact) mass is 280 g/mol. The van der Waals surface area contributed by atoms with Crippen LogP contribution in [0.4, 0.5) is 0 Å². The predicted molar refractivity (Wildman–Crippen MR) is 76.0 cm³/mol. The van der Waals surface area contributed by atoms with Gasteiger partial charge in [0.1, 0.15) is 11.1 Å². The van der Waals surface area contributed by atoms with E-state index in [0.717, 1.165) is 30.8 Å². The molecule has 0 unspecified atom stereocenters. The molecule has 0 aliphatic carbocycles. The molecule has 1 aliphatic rings. The van der Waals surface area contributed by atoms with Gasteiger partial charge in [-0.25, -0.2) is 4.98 Å². The summed E-state index contributed by atoms with van der Waals surface area (Å²) >= 11 is 1.62. The third-order valence-corrected chi connectivity index (χ3v) is 4.21. The number of nitrogens with zero attached hydrogens (tertiary/aromatic N) is 2. The summed E-state index contributed by atoms with van der Waals surface area (Å²) in [5.41, 5.74) is 0. The van der Waals surface area contributed by atoms with Gasteiger partial charge >= 0.3 is 0 Å². The number of ether oxygens (including phenoxy) is 1. The van der Waals surface area contributed by atoms with Crippen molar-refractivity contribution in [2.45, 2.75) is 38.3 Å². The summed E-state index contributed by atoms with van der Waals surface area (Å²) in [6, 6.07) is 0.121. The lowest BCUT2D eigenvalue weighted by Crippen LogP contribution is -2.44. The second-order valence-corrected chi connectivity index (χ2v) is 5.60. The highest BCUT2D eigenvalue weighted by atomic mass is 32.1. The van der Waals surface area contributed by atoms with Gasteiger partial charge in [0.05, 0.1) is 12.6 Å². The van der Waals surface area contributed by atoms with E-state index in [1.165, 1.54) is 0 Å². The smallest absolute Gasteiger partial charge is 0.252 e. The highest BCUT2D eigenvalue weighted by Crippen LogP contribution is 2.32. The number of likely N-dealkylation sites (tertiary alicyclic amines) is 1. The lowest BCUT2D eigenvalue weighted by atomic mass is 10.0. The van der Waals surface area contributed by atoms with Gasteiger partial charge in [0.2, 0.25) is 0 Å². The van der Waals surface area contributed by atoms with Crippen LogP contribution in [0.1, 0.15) is 37.2 Å². The number of piperidine rings is 1. The molecule has 19 heavy (non-hydrogen) atoms. The van der Waals surface area contributed by atoms with Crippen LogP contribution in [-0.4, -0.2) is 35.0 Å². The van der Waals surface area contributed by atoms with Crippen LogP contribution in [0, 0.1) is 0 Å². The molecule has 1 aromatic rings. The van der Waals surface area contributed by atoms with E-state index in [0.29, 0.717) is 6.61 Å². The van der Waals surface area contributed by atoms with E-state index >= 15 is 0 Å². The summed E-state index contributed by atoms with van der Waals surface area (Å²) in [6.45, 7) is 6.61. The van der Waals surface area contributed by atoms with Crippen molar-refractivity contribution in [2.75, 3.05) is 13.2 Å². The third kappa shape index (κ3) is 3.42. The van der Waals surface area contributed by atoms with Crippen molar-refractivity contribution in [3.63, 3.8) is 0 Å². The minimum absolute atomic E-state index is 0.0572. The molecule has 4 nitrogen and oxygen atoms in total. The van der Waals surface area contributed by atoms with Crippen LogP contribution < -0.4 is 0 Å². The quantitative estimate of drug-likeness (QED) is 0.779. The van der Waals surface area contributed by atoms with Gasteiger partial charge < -0.3 is 9.64 Å². The summed E-state index contributed by atoms with van der Waals surface area (Å²) in [5, 5.41) is 2.99. The molecule has 1 aliphatic heterocycles. The van der Waals surface area contributed by atoms with Gasteiger partial charge in [-0.1, -0.05) is 6.08 Å². The second kappa shape index (κ2) is 6.82. The Kier molecular flexibility index (Phi) is 5.10. The van der Waals surface area contributed by atoms with Crippen molar-refractivity contribution >= 4 is 17.2 Å². The molecule has 2 heterocycles. The molecule has 0 spiro atoms. The van der Waals surface area contributed by atoms with E-state index in [2.05, 4.69) is 11.6 Å². The number of thiazole rings is 1. The number of hydrogen-bond donors (Lipinski definition) is 0. The third-order valence-electron chi connectivity index (χ3n) is 3.33. The zero-order chi connectivity index (χ0) is 13.7. The zero-order valence-electron chi connectivity index (χ0n) is 11.2. The fourth-order valence-electron chi connectivity index (χ4n) is 2.37. The van der Waals surface area contributed by atoms with Gasteiger partial charge in [-0.05, 0) is 26.2 Å². The van der Waals surface area contributed by atoms with Gasteiger partial charge in [0.25, 0.3) is 5.91 Å². The van der Waals surface area contributed by atoms with Crippen LogP contribution in [0.2, 0.25) is 0 Å². The van der Waals surface area contributed by atoms with Crippen molar-refractivity contribution in [1.29, 1.82) is 0 Å². The van der Waals surface area contributed by atoms with Crippen LogP contribution in [0.3, 0.4) is 0 Å². The van der Waals surface area contributed by atoms with Crippen molar-refractivity contribution in [3.8, 4) is 0 Å². The molecule has 1 fully saturated rings. The van der Waals surface area contributed by atoms with E-state index < -0.39 is 6.10 Å². The number of carbonyl (C=O) groups excluding carboxylic acids is 1. The first-order chi connectivity index (χ1) is 9.24. The molecular weight excluding hydrogens is 260 g/mol. The van der Waals surface area contributed by atoms with E-state index in [1.807, 2.05) is 10.3 Å². The molecule has 2 atom stereocenters. The minimum Gasteiger partial charge on any atom is -0.365 e. The Morgan fingerprint density at radius 2 is 2.58 bits per heavy atom. The molecular formula is C14H20N2O2S. The van der Waals surface area contributed by atoms with Gasteiger partial charge in [-0.15, -0.1) is 17.9 Å². The first-order valence-corrected chi connectivity index (χ1v) is 7.54. The van der Waals surface area contributed by atoms with Crippen molar-refractivity contribution < 1.29 is 9.53 Å². The van der Waals surface area contributed by atoms with Crippen LogP contribution in [0.5, 0.6) is 0 Å². The molecule has 0 N–H and O–H groups in total. The Labute approximate surface area is 118 Å². The number of aromatic nitrogens is 1. The molecule has 0 saturated carbocycles. The summed E-state index contributed by atoms with van der Waals surface area (Å²) < 4.78 is 5.45. The molecule has 5 heteroatoms. The van der Waals surface area contributed by atoms with E-state index in [4.69, 9.17) is 4.74 Å². The van der Waals surface area contributed by atoms with Crippen LogP contribution in [-0.2, 0) is 9.53 Å². The van der Waals surface area contributed by atoms with Gasteiger partial charge in [-0.3, -0.25) is 4.79 Å². The Balaban J connectivity index is 2.06. The first kappa shape index (κ1) is 14.2. The number of carbonyl (C=O) groups is 1. The second-order valence-electron chi connectivity index (χ2n) is 4.68. The molecule has 1 amide bonds. The molecule has 104 valence electrons. The lowest BCUT2D eigenvalue weighted by molar-refractivity contribution is -0.146. The fraction of sp³-hybridized carbons (Fsp3) is 0.571. The topological polar surface area (TPSA) is 42.4 Å². The fourth-order valence-corrected chi connectivity index (χ4v) is 3.15. The highest BCUT2D eigenvalue weighted by molar-refractivity contribution is 7.09. The minimum atomic E-state index is -0.418. The van der Waals surface area contributed by atoms with E-state index in [1.54, 1.807) is 30.5 Å². The lowest BCUT2D eigenvalue weighted by Gasteiger charge is -2.36. The van der Waals surface area contributed by atoms with Crippen molar-refractivity contribution in [1.82, 2.24) is 9.88 Å². The normalized spacial score (nSPS) is 21.1. The van der Waals surface area contributed by atoms with Gasteiger partial charge in [-0.2, -0.15) is 0 Å². The summed E-state index contributed by atoms with van der Waals surface area (Å²) in [7, 11) is 0. The Hall–Kier alpha value is -1.20. The van der Waals surface area contributed by atoms with E-state index in [9.17, 15) is 4.79 Å². The summed E-state index contributed by atoms with van der Waals surface area (Å²) in [4.78, 5) is 18.7. The maximum absolute atomic E-state index is 12.5. The average Bonchev–Trinajstić information content (AvgIpc) is 2.98. The van der Waals surface area contributed by atoms with E-state index in [-0.39, 0.29) is 11.9 Å². The average molecular weight is 280 g/mol. The van der Waals surface area contributed by atoms with Crippen LogP contribution >= 0.6 is 11.3 Å². The largest absolute Gasteiger partial charge is 0.365 e. The zero-order valence-corrected chi connectivity index (χ0v) is 12.1. The summed E-state index contributed by atoms with van der Waals surface area (Å²) in [5.74, 6) is 0.0572. The maximum atomic E-state index is 12.5.